The Morgan fingerprint density at radius 3 is 2.76 bits per heavy atom. The molecule has 0 bridgehead atoms. The van der Waals surface area contributed by atoms with Crippen molar-refractivity contribution in [2.24, 2.45) is 5.92 Å². The fourth-order valence-electron chi connectivity index (χ4n) is 3.68. The lowest BCUT2D eigenvalue weighted by Crippen LogP contribution is -2.28. The van der Waals surface area contributed by atoms with E-state index in [1.54, 1.807) is 35.3 Å². The number of benzene rings is 2. The predicted molar refractivity (Wildman–Crippen MR) is 116 cm³/mol. The summed E-state index contributed by atoms with van der Waals surface area (Å²) < 4.78 is 46.1. The van der Waals surface area contributed by atoms with Gasteiger partial charge in [0, 0.05) is 31.3 Å². The molecule has 1 aromatic heterocycles. The van der Waals surface area contributed by atoms with Crippen LogP contribution in [0.5, 0.6) is 5.75 Å². The number of rotatable bonds is 8. The molecule has 0 spiro atoms. The molecule has 3 aromatic rings. The molecule has 0 aliphatic carbocycles. The maximum atomic E-state index is 12.9. The van der Waals surface area contributed by atoms with E-state index in [9.17, 15) is 22.8 Å². The van der Waals surface area contributed by atoms with Crippen molar-refractivity contribution in [3.63, 3.8) is 0 Å². The normalized spacial score (nSPS) is 16.0. The Bertz CT molecular complexity index is 1150. The maximum absolute atomic E-state index is 12.9. The number of carbonyl (C=O) groups excluding carboxylic acids is 2. The van der Waals surface area contributed by atoms with Crippen molar-refractivity contribution >= 4 is 17.5 Å². The topological polar surface area (TPSA) is 89.3 Å². The summed E-state index contributed by atoms with van der Waals surface area (Å²) in [6.45, 7) is 1.03. The molecule has 1 N–H and O–H groups in total. The Labute approximate surface area is 193 Å². The number of amides is 2. The highest BCUT2D eigenvalue weighted by molar-refractivity contribution is 5.97. The molecule has 1 atom stereocenters. The Hall–Kier alpha value is -3.89. The van der Waals surface area contributed by atoms with Crippen LogP contribution < -0.4 is 10.1 Å². The van der Waals surface area contributed by atoms with Gasteiger partial charge in [-0.2, -0.15) is 18.3 Å². The van der Waals surface area contributed by atoms with Gasteiger partial charge in [0.1, 0.15) is 25.0 Å². The van der Waals surface area contributed by atoms with Gasteiger partial charge in [0.05, 0.1) is 18.0 Å². The lowest BCUT2D eigenvalue weighted by atomic mass is 10.1. The number of carbonyl (C=O) groups is 2. The molecular formula is C23H22F3N5O3. The molecule has 34 heavy (non-hydrogen) atoms. The lowest BCUT2D eigenvalue weighted by molar-refractivity contribution is -0.137. The van der Waals surface area contributed by atoms with Crippen molar-refractivity contribution in [3.8, 4) is 5.75 Å². The Morgan fingerprint density at radius 2 is 2.00 bits per heavy atom. The molecule has 4 rings (SSSR count). The quantitative estimate of drug-likeness (QED) is 0.542. The number of anilines is 1. The van der Waals surface area contributed by atoms with Crippen molar-refractivity contribution in [1.29, 1.82) is 0 Å². The van der Waals surface area contributed by atoms with E-state index < -0.39 is 17.7 Å². The highest BCUT2D eigenvalue weighted by Crippen LogP contribution is 2.30. The molecule has 1 aliphatic heterocycles. The number of nitrogens with one attached hydrogen (secondary N) is 1. The number of hydrogen-bond acceptors (Lipinski definition) is 5. The van der Waals surface area contributed by atoms with Gasteiger partial charge in [-0.25, -0.2) is 9.67 Å². The number of alkyl halides is 3. The minimum atomic E-state index is -4.46. The van der Waals surface area contributed by atoms with Crippen LogP contribution in [0.3, 0.4) is 0 Å². The van der Waals surface area contributed by atoms with Crippen LogP contribution in [0, 0.1) is 5.92 Å². The van der Waals surface area contributed by atoms with Gasteiger partial charge in [0.2, 0.25) is 11.8 Å². The summed E-state index contributed by atoms with van der Waals surface area (Å²) >= 11 is 0. The van der Waals surface area contributed by atoms with Gasteiger partial charge in [-0.15, -0.1) is 0 Å². The van der Waals surface area contributed by atoms with Crippen molar-refractivity contribution in [3.05, 3.63) is 72.3 Å². The average Bonchev–Trinajstić information content (AvgIpc) is 3.44. The first kappa shape index (κ1) is 23.3. The number of likely N-dealkylation sites (tertiary alicyclic amines) is 1. The van der Waals surface area contributed by atoms with E-state index in [1.807, 2.05) is 0 Å². The first-order valence-corrected chi connectivity index (χ1v) is 10.6. The van der Waals surface area contributed by atoms with E-state index in [0.717, 1.165) is 12.1 Å². The molecule has 2 aromatic carbocycles. The van der Waals surface area contributed by atoms with Gasteiger partial charge in [-0.05, 0) is 29.8 Å². The number of nitrogens with zero attached hydrogens (tertiary/aromatic N) is 4. The molecule has 2 amide bonds. The largest absolute Gasteiger partial charge is 0.492 e. The van der Waals surface area contributed by atoms with E-state index in [0.29, 0.717) is 30.2 Å². The summed E-state index contributed by atoms with van der Waals surface area (Å²) in [5.41, 5.74) is 0.112. The van der Waals surface area contributed by atoms with Crippen LogP contribution in [-0.2, 0) is 28.9 Å². The molecule has 1 fully saturated rings. The van der Waals surface area contributed by atoms with Crippen LogP contribution in [0.4, 0.5) is 18.9 Å². The number of halogens is 3. The van der Waals surface area contributed by atoms with E-state index in [1.165, 1.54) is 23.4 Å². The van der Waals surface area contributed by atoms with Gasteiger partial charge in [0.15, 0.2) is 0 Å². The standard InChI is InChI=1S/C23H22F3N5O3/c24-23(25,26)18-4-1-3-16(9-18)12-30-13-17(10-21(30)32)22(33)29-19-5-2-6-20(11-19)34-8-7-31-15-27-14-28-31/h1-6,9,11,14-15,17H,7-8,10,12-13H2,(H,29,33). The zero-order chi connectivity index (χ0) is 24.1. The van der Waals surface area contributed by atoms with Gasteiger partial charge >= 0.3 is 6.18 Å². The highest BCUT2D eigenvalue weighted by atomic mass is 19.4. The first-order valence-electron chi connectivity index (χ1n) is 10.6. The van der Waals surface area contributed by atoms with Crippen LogP contribution in [-0.4, -0.2) is 44.6 Å². The molecule has 11 heteroatoms. The smallest absolute Gasteiger partial charge is 0.416 e. The van der Waals surface area contributed by atoms with Crippen molar-refractivity contribution < 1.29 is 27.5 Å². The van der Waals surface area contributed by atoms with Crippen molar-refractivity contribution in [2.45, 2.75) is 25.7 Å². The van der Waals surface area contributed by atoms with Crippen molar-refractivity contribution in [2.75, 3.05) is 18.5 Å². The number of hydrogen-bond donors (Lipinski definition) is 1. The van der Waals surface area contributed by atoms with Crippen LogP contribution in [0.2, 0.25) is 0 Å². The molecule has 2 heterocycles. The summed E-state index contributed by atoms with van der Waals surface area (Å²) in [6, 6.07) is 11.7. The van der Waals surface area contributed by atoms with Crippen molar-refractivity contribution in [1.82, 2.24) is 19.7 Å². The summed E-state index contributed by atoms with van der Waals surface area (Å²) in [7, 11) is 0. The van der Waals surface area contributed by atoms with E-state index in [2.05, 4.69) is 15.4 Å². The molecule has 1 aliphatic rings. The number of aromatic nitrogens is 3. The second kappa shape index (κ2) is 9.94. The van der Waals surface area contributed by atoms with Gasteiger partial charge in [0.25, 0.3) is 0 Å². The minimum Gasteiger partial charge on any atom is -0.492 e. The Kier molecular flexibility index (Phi) is 6.80. The molecule has 178 valence electrons. The Morgan fingerprint density at radius 1 is 1.18 bits per heavy atom. The van der Waals surface area contributed by atoms with Gasteiger partial charge in [-0.1, -0.05) is 18.2 Å². The number of ether oxygens (including phenoxy) is 1. The molecule has 0 radical (unpaired) electrons. The van der Waals surface area contributed by atoms with Gasteiger partial charge in [-0.3, -0.25) is 9.59 Å². The van der Waals surface area contributed by atoms with E-state index >= 15 is 0 Å². The third kappa shape index (κ3) is 5.91. The highest BCUT2D eigenvalue weighted by Gasteiger charge is 2.35. The Balaban J connectivity index is 1.31. The van der Waals surface area contributed by atoms with E-state index in [4.69, 9.17) is 4.74 Å². The predicted octanol–water partition coefficient (Wildman–Crippen LogP) is 3.36. The third-order valence-electron chi connectivity index (χ3n) is 5.37. The summed E-state index contributed by atoms with van der Waals surface area (Å²) in [5, 5.41) is 6.78. The molecule has 1 saturated heterocycles. The maximum Gasteiger partial charge on any atom is 0.416 e. The molecular weight excluding hydrogens is 451 g/mol. The van der Waals surface area contributed by atoms with E-state index in [-0.39, 0.29) is 31.3 Å². The minimum absolute atomic E-state index is 0.00110. The van der Waals surface area contributed by atoms with Crippen LogP contribution in [0.15, 0.2) is 61.2 Å². The summed E-state index contributed by atoms with van der Waals surface area (Å²) in [5.74, 6) is -0.649. The molecule has 0 saturated carbocycles. The zero-order valence-electron chi connectivity index (χ0n) is 18.0. The third-order valence-corrected chi connectivity index (χ3v) is 5.37. The van der Waals surface area contributed by atoms with Gasteiger partial charge < -0.3 is 15.0 Å². The molecule has 8 nitrogen and oxygen atoms in total. The fraction of sp³-hybridized carbons (Fsp3) is 0.304. The lowest BCUT2D eigenvalue weighted by Gasteiger charge is -2.18. The van der Waals surface area contributed by atoms with Crippen LogP contribution in [0.1, 0.15) is 17.5 Å². The SMILES string of the molecule is O=C(Nc1cccc(OCCn2cncn2)c1)C1CC(=O)N(Cc2cccc(C(F)(F)F)c2)C1. The zero-order valence-corrected chi connectivity index (χ0v) is 18.0. The second-order valence-corrected chi connectivity index (χ2v) is 7.90. The summed E-state index contributed by atoms with van der Waals surface area (Å²) in [4.78, 5) is 30.4. The summed E-state index contributed by atoms with van der Waals surface area (Å²) in [6.07, 6.45) is -1.44. The van der Waals surface area contributed by atoms with Crippen LogP contribution in [0.25, 0.3) is 0 Å². The molecule has 1 unspecified atom stereocenters. The monoisotopic (exact) mass is 473 g/mol. The fourth-order valence-corrected chi connectivity index (χ4v) is 3.68. The van der Waals surface area contributed by atoms with Crippen LogP contribution >= 0.6 is 0 Å². The average molecular weight is 473 g/mol. The second-order valence-electron chi connectivity index (χ2n) is 7.90. The first-order chi connectivity index (χ1) is 16.3.